The lowest BCUT2D eigenvalue weighted by Gasteiger charge is -2.10. The molecular weight excluding hydrogens is 344 g/mol. The van der Waals surface area contributed by atoms with Gasteiger partial charge in [-0.2, -0.15) is 0 Å². The van der Waals surface area contributed by atoms with Crippen molar-refractivity contribution in [2.75, 3.05) is 26.9 Å². The van der Waals surface area contributed by atoms with Crippen molar-refractivity contribution in [2.24, 2.45) is 0 Å². The Morgan fingerprint density at radius 3 is 2.80 bits per heavy atom. The van der Waals surface area contributed by atoms with E-state index in [1.54, 1.807) is 24.3 Å². The van der Waals surface area contributed by atoms with Gasteiger partial charge in [0.2, 0.25) is 0 Å². The number of ether oxygens (including phenoxy) is 3. The van der Waals surface area contributed by atoms with Crippen molar-refractivity contribution < 1.29 is 23.8 Å². The number of thiazole rings is 1. The van der Waals surface area contributed by atoms with Crippen LogP contribution in [-0.4, -0.2) is 43.7 Å². The van der Waals surface area contributed by atoms with Crippen molar-refractivity contribution in [3.63, 3.8) is 0 Å². The number of carbonyl (C=O) groups excluding carboxylic acids is 2. The highest BCUT2D eigenvalue weighted by molar-refractivity contribution is 7.09. The second kappa shape index (κ2) is 9.75. The molecular formula is C17H20N2O5S. The van der Waals surface area contributed by atoms with Gasteiger partial charge in [-0.05, 0) is 19.1 Å². The molecule has 7 nitrogen and oxygen atoms in total. The van der Waals surface area contributed by atoms with Crippen LogP contribution in [-0.2, 0) is 20.9 Å². The first kappa shape index (κ1) is 18.9. The second-order valence-electron chi connectivity index (χ2n) is 5.06. The number of methoxy groups -OCH3 is 1. The predicted octanol–water partition coefficient (Wildman–Crippen LogP) is 1.95. The molecule has 0 fully saturated rings. The standard InChI is InChI=1S/C17H20N2O5S/c1-12-19-13(11-25-12)9-23-15-6-4-3-5-14(15)17(21)24-10-16(20)18-7-8-22-2/h3-6,11H,7-10H2,1-2H3,(H,18,20). The summed E-state index contributed by atoms with van der Waals surface area (Å²) in [5, 5.41) is 5.43. The smallest absolute Gasteiger partial charge is 0.342 e. The van der Waals surface area contributed by atoms with Crippen LogP contribution in [0.15, 0.2) is 29.6 Å². The summed E-state index contributed by atoms with van der Waals surface area (Å²) in [6.45, 7) is 2.57. The first-order valence-corrected chi connectivity index (χ1v) is 8.53. The number of aromatic nitrogens is 1. The minimum Gasteiger partial charge on any atom is -0.486 e. The summed E-state index contributed by atoms with van der Waals surface area (Å²) in [5.41, 5.74) is 1.06. The monoisotopic (exact) mass is 364 g/mol. The average molecular weight is 364 g/mol. The third kappa shape index (κ3) is 6.17. The van der Waals surface area contributed by atoms with E-state index in [-0.39, 0.29) is 24.7 Å². The molecule has 0 bridgehead atoms. The Balaban J connectivity index is 1.89. The molecule has 134 valence electrons. The number of nitrogens with zero attached hydrogens (tertiary/aromatic N) is 1. The van der Waals surface area contributed by atoms with E-state index in [1.165, 1.54) is 18.4 Å². The maximum absolute atomic E-state index is 12.2. The Hall–Kier alpha value is -2.45. The second-order valence-corrected chi connectivity index (χ2v) is 6.12. The molecule has 1 aromatic heterocycles. The van der Waals surface area contributed by atoms with Gasteiger partial charge in [-0.25, -0.2) is 9.78 Å². The fraction of sp³-hybridized carbons (Fsp3) is 0.353. The average Bonchev–Trinajstić information content (AvgIpc) is 3.04. The molecule has 1 aromatic carbocycles. The van der Waals surface area contributed by atoms with Gasteiger partial charge >= 0.3 is 5.97 Å². The van der Waals surface area contributed by atoms with Crippen LogP contribution in [0, 0.1) is 6.92 Å². The van der Waals surface area contributed by atoms with Crippen LogP contribution in [0.3, 0.4) is 0 Å². The number of para-hydroxylation sites is 1. The fourth-order valence-corrected chi connectivity index (χ4v) is 2.54. The maximum atomic E-state index is 12.2. The summed E-state index contributed by atoms with van der Waals surface area (Å²) in [7, 11) is 1.54. The molecule has 1 heterocycles. The zero-order chi connectivity index (χ0) is 18.1. The van der Waals surface area contributed by atoms with Gasteiger partial charge < -0.3 is 19.5 Å². The van der Waals surface area contributed by atoms with Crippen LogP contribution in [0.1, 0.15) is 21.1 Å². The van der Waals surface area contributed by atoms with Crippen molar-refractivity contribution in [1.29, 1.82) is 0 Å². The summed E-state index contributed by atoms with van der Waals surface area (Å²) in [6, 6.07) is 6.73. The molecule has 0 radical (unpaired) electrons. The summed E-state index contributed by atoms with van der Waals surface area (Å²) in [6.07, 6.45) is 0. The Morgan fingerprint density at radius 2 is 2.08 bits per heavy atom. The Labute approximate surface area is 149 Å². The number of aryl methyl sites for hydroxylation is 1. The predicted molar refractivity (Wildman–Crippen MR) is 92.8 cm³/mol. The van der Waals surface area contributed by atoms with E-state index in [4.69, 9.17) is 14.2 Å². The Morgan fingerprint density at radius 1 is 1.28 bits per heavy atom. The number of hydrogen-bond acceptors (Lipinski definition) is 7. The lowest BCUT2D eigenvalue weighted by molar-refractivity contribution is -0.124. The van der Waals surface area contributed by atoms with Crippen LogP contribution in [0.25, 0.3) is 0 Å². The molecule has 1 amide bonds. The first-order valence-electron chi connectivity index (χ1n) is 7.65. The molecule has 25 heavy (non-hydrogen) atoms. The van der Waals surface area contributed by atoms with Crippen molar-refractivity contribution in [3.05, 3.63) is 45.9 Å². The Kier molecular flexibility index (Phi) is 7.36. The van der Waals surface area contributed by atoms with Crippen molar-refractivity contribution >= 4 is 23.2 Å². The summed E-state index contributed by atoms with van der Waals surface area (Å²) in [5.74, 6) is -0.619. The topological polar surface area (TPSA) is 86.8 Å². The van der Waals surface area contributed by atoms with Gasteiger partial charge in [0.25, 0.3) is 5.91 Å². The van der Waals surface area contributed by atoms with Crippen molar-refractivity contribution in [2.45, 2.75) is 13.5 Å². The minimum absolute atomic E-state index is 0.256. The number of rotatable bonds is 9. The normalized spacial score (nSPS) is 10.3. The van der Waals surface area contributed by atoms with E-state index in [0.29, 0.717) is 18.9 Å². The minimum atomic E-state index is -0.619. The van der Waals surface area contributed by atoms with E-state index >= 15 is 0 Å². The summed E-state index contributed by atoms with van der Waals surface area (Å²) >= 11 is 1.53. The van der Waals surface area contributed by atoms with Gasteiger partial charge in [0, 0.05) is 19.0 Å². The highest BCUT2D eigenvalue weighted by Gasteiger charge is 2.15. The molecule has 0 saturated heterocycles. The lowest BCUT2D eigenvalue weighted by atomic mass is 10.2. The van der Waals surface area contributed by atoms with Crippen molar-refractivity contribution in [1.82, 2.24) is 10.3 Å². The molecule has 8 heteroatoms. The van der Waals surface area contributed by atoms with Gasteiger partial charge in [-0.1, -0.05) is 12.1 Å². The van der Waals surface area contributed by atoms with Gasteiger partial charge in [-0.15, -0.1) is 11.3 Å². The number of amides is 1. The van der Waals surface area contributed by atoms with Crippen LogP contribution in [0.5, 0.6) is 5.75 Å². The van der Waals surface area contributed by atoms with Crippen LogP contribution in [0.4, 0.5) is 0 Å². The molecule has 0 aliphatic heterocycles. The number of esters is 1. The quantitative estimate of drug-likeness (QED) is 0.541. The van der Waals surface area contributed by atoms with E-state index in [2.05, 4.69) is 10.3 Å². The third-order valence-corrected chi connectivity index (χ3v) is 3.93. The molecule has 2 rings (SSSR count). The number of benzene rings is 1. The SMILES string of the molecule is COCCNC(=O)COC(=O)c1ccccc1OCc1csc(C)n1. The molecule has 0 saturated carbocycles. The third-order valence-electron chi connectivity index (χ3n) is 3.11. The Bertz CT molecular complexity index is 717. The van der Waals surface area contributed by atoms with Crippen molar-refractivity contribution in [3.8, 4) is 5.75 Å². The van der Waals surface area contributed by atoms with E-state index in [1.807, 2.05) is 12.3 Å². The van der Waals surface area contributed by atoms with Gasteiger partial charge in [0.15, 0.2) is 6.61 Å². The molecule has 0 aliphatic carbocycles. The number of carbonyl (C=O) groups is 2. The lowest BCUT2D eigenvalue weighted by Crippen LogP contribution is -2.31. The molecule has 1 N–H and O–H groups in total. The molecule has 0 aliphatic rings. The maximum Gasteiger partial charge on any atom is 0.342 e. The van der Waals surface area contributed by atoms with Gasteiger partial charge in [-0.3, -0.25) is 4.79 Å². The molecule has 0 unspecified atom stereocenters. The number of nitrogens with one attached hydrogen (secondary N) is 1. The molecule has 2 aromatic rings. The molecule has 0 atom stereocenters. The van der Waals surface area contributed by atoms with E-state index < -0.39 is 5.97 Å². The largest absolute Gasteiger partial charge is 0.486 e. The van der Waals surface area contributed by atoms with Gasteiger partial charge in [0.1, 0.15) is 17.9 Å². The molecule has 0 spiro atoms. The first-order chi connectivity index (χ1) is 12.1. The zero-order valence-corrected chi connectivity index (χ0v) is 14.9. The number of hydrogen-bond donors (Lipinski definition) is 1. The summed E-state index contributed by atoms with van der Waals surface area (Å²) < 4.78 is 15.5. The fourth-order valence-electron chi connectivity index (χ4n) is 1.94. The van der Waals surface area contributed by atoms with E-state index in [9.17, 15) is 9.59 Å². The van der Waals surface area contributed by atoms with E-state index in [0.717, 1.165) is 10.7 Å². The van der Waals surface area contributed by atoms with Gasteiger partial charge in [0.05, 0.1) is 17.3 Å². The zero-order valence-electron chi connectivity index (χ0n) is 14.1. The highest BCUT2D eigenvalue weighted by Crippen LogP contribution is 2.20. The highest BCUT2D eigenvalue weighted by atomic mass is 32.1. The summed E-state index contributed by atoms with van der Waals surface area (Å²) in [4.78, 5) is 28.1. The van der Waals surface area contributed by atoms with Crippen LogP contribution in [0.2, 0.25) is 0 Å². The van der Waals surface area contributed by atoms with Crippen LogP contribution >= 0.6 is 11.3 Å². The van der Waals surface area contributed by atoms with Crippen LogP contribution < -0.4 is 10.1 Å².